The largest absolute Gasteiger partial charge is 0.329 e. The Bertz CT molecular complexity index is 576. The molecule has 106 valence electrons. The van der Waals surface area contributed by atoms with Crippen LogP contribution in [-0.2, 0) is 6.54 Å². The van der Waals surface area contributed by atoms with Crippen molar-refractivity contribution in [3.05, 3.63) is 42.1 Å². The first kappa shape index (κ1) is 13.5. The van der Waals surface area contributed by atoms with Gasteiger partial charge in [0, 0.05) is 30.7 Å². The molecule has 0 spiro atoms. The minimum Gasteiger partial charge on any atom is -0.329 e. The number of fused-ring (bicyclic) bond motifs is 1. The number of rotatable bonds is 3. The van der Waals surface area contributed by atoms with E-state index in [-0.39, 0.29) is 0 Å². The van der Waals surface area contributed by atoms with Crippen molar-refractivity contribution in [2.45, 2.75) is 32.4 Å². The van der Waals surface area contributed by atoms with Crippen LogP contribution in [0.2, 0.25) is 0 Å². The van der Waals surface area contributed by atoms with E-state index in [1.165, 1.54) is 23.8 Å². The third kappa shape index (κ3) is 2.56. The van der Waals surface area contributed by atoms with Crippen LogP contribution in [0.4, 0.5) is 0 Å². The molecule has 3 rings (SSSR count). The molecule has 1 aromatic heterocycles. The van der Waals surface area contributed by atoms with Gasteiger partial charge >= 0.3 is 0 Å². The lowest BCUT2D eigenvalue weighted by Crippen LogP contribution is -2.48. The Balaban J connectivity index is 1.88. The van der Waals surface area contributed by atoms with Gasteiger partial charge in [-0.1, -0.05) is 25.1 Å². The number of pyridine rings is 1. The molecule has 1 aromatic carbocycles. The summed E-state index contributed by atoms with van der Waals surface area (Å²) < 4.78 is 0. The number of hydrogen-bond acceptors (Lipinski definition) is 3. The normalized spacial score (nSPS) is 24.1. The van der Waals surface area contributed by atoms with Crippen LogP contribution >= 0.6 is 0 Å². The van der Waals surface area contributed by atoms with Gasteiger partial charge in [0.25, 0.3) is 0 Å². The number of piperidine rings is 1. The molecular formula is C17H23N3. The average Bonchev–Trinajstić information content (AvgIpc) is 2.48. The second-order valence-electron chi connectivity index (χ2n) is 5.88. The Hall–Kier alpha value is -1.45. The summed E-state index contributed by atoms with van der Waals surface area (Å²) in [7, 11) is 0. The predicted molar refractivity (Wildman–Crippen MR) is 83.4 cm³/mol. The van der Waals surface area contributed by atoms with Crippen LogP contribution in [0.15, 0.2) is 36.5 Å². The first-order valence-corrected chi connectivity index (χ1v) is 7.56. The SMILES string of the molecule is CC1CCCN(Cc2ccnc3ccccc23)C1CN. The standard InChI is InChI=1S/C17H23N3/c1-13-5-4-10-20(17(13)11-18)12-14-8-9-19-16-7-3-2-6-15(14)16/h2-3,6-9,13,17H,4-5,10-12,18H2,1H3. The molecule has 0 bridgehead atoms. The summed E-state index contributed by atoms with van der Waals surface area (Å²) >= 11 is 0. The third-order valence-electron chi connectivity index (χ3n) is 4.58. The third-order valence-corrected chi connectivity index (χ3v) is 4.58. The number of likely N-dealkylation sites (tertiary alicyclic amines) is 1. The lowest BCUT2D eigenvalue weighted by molar-refractivity contribution is 0.0995. The van der Waals surface area contributed by atoms with Crippen LogP contribution in [-0.4, -0.2) is 29.0 Å². The van der Waals surface area contributed by atoms with Crippen molar-refractivity contribution in [1.82, 2.24) is 9.88 Å². The second-order valence-corrected chi connectivity index (χ2v) is 5.88. The van der Waals surface area contributed by atoms with Gasteiger partial charge in [0.05, 0.1) is 5.52 Å². The van der Waals surface area contributed by atoms with Gasteiger partial charge < -0.3 is 5.73 Å². The number of nitrogens with two attached hydrogens (primary N) is 1. The Morgan fingerprint density at radius 1 is 1.30 bits per heavy atom. The monoisotopic (exact) mass is 269 g/mol. The summed E-state index contributed by atoms with van der Waals surface area (Å²) in [6.07, 6.45) is 4.50. The van der Waals surface area contributed by atoms with Gasteiger partial charge in [-0.15, -0.1) is 0 Å². The highest BCUT2D eigenvalue weighted by Gasteiger charge is 2.27. The number of benzene rings is 1. The van der Waals surface area contributed by atoms with Gasteiger partial charge in [0.1, 0.15) is 0 Å². The highest BCUT2D eigenvalue weighted by atomic mass is 15.2. The lowest BCUT2D eigenvalue weighted by atomic mass is 9.90. The zero-order chi connectivity index (χ0) is 13.9. The van der Waals surface area contributed by atoms with E-state index in [0.29, 0.717) is 12.0 Å². The Labute approximate surface area is 120 Å². The highest BCUT2D eigenvalue weighted by Crippen LogP contribution is 2.26. The van der Waals surface area contributed by atoms with Crippen LogP contribution in [0.5, 0.6) is 0 Å². The van der Waals surface area contributed by atoms with Gasteiger partial charge in [-0.3, -0.25) is 9.88 Å². The van der Waals surface area contributed by atoms with Crippen LogP contribution < -0.4 is 5.73 Å². The zero-order valence-electron chi connectivity index (χ0n) is 12.1. The molecule has 3 nitrogen and oxygen atoms in total. The van der Waals surface area contributed by atoms with Crippen LogP contribution in [0.1, 0.15) is 25.3 Å². The highest BCUT2D eigenvalue weighted by molar-refractivity contribution is 5.81. The molecule has 2 unspecified atom stereocenters. The molecule has 1 aliphatic heterocycles. The minimum absolute atomic E-state index is 0.510. The molecule has 2 heterocycles. The average molecular weight is 269 g/mol. The quantitative estimate of drug-likeness (QED) is 0.931. The van der Waals surface area contributed by atoms with E-state index in [1.54, 1.807) is 0 Å². The van der Waals surface area contributed by atoms with Gasteiger partial charge in [-0.2, -0.15) is 0 Å². The zero-order valence-corrected chi connectivity index (χ0v) is 12.1. The predicted octanol–water partition coefficient (Wildman–Crippen LogP) is 2.79. The van der Waals surface area contributed by atoms with E-state index in [9.17, 15) is 0 Å². The summed E-state index contributed by atoms with van der Waals surface area (Å²) in [5, 5.41) is 1.27. The van der Waals surface area contributed by atoms with Crippen molar-refractivity contribution in [3.8, 4) is 0 Å². The van der Waals surface area contributed by atoms with Crippen LogP contribution in [0.3, 0.4) is 0 Å². The van der Waals surface area contributed by atoms with Crippen molar-refractivity contribution in [2.75, 3.05) is 13.1 Å². The lowest BCUT2D eigenvalue weighted by Gasteiger charge is -2.39. The number of aromatic nitrogens is 1. The molecule has 0 radical (unpaired) electrons. The number of nitrogens with zero attached hydrogens (tertiary/aromatic N) is 2. The van der Waals surface area contributed by atoms with Crippen molar-refractivity contribution >= 4 is 10.9 Å². The summed E-state index contributed by atoms with van der Waals surface area (Å²) in [6.45, 7) is 5.22. The molecule has 2 aromatic rings. The maximum absolute atomic E-state index is 6.00. The summed E-state index contributed by atoms with van der Waals surface area (Å²) in [5.74, 6) is 0.696. The molecular weight excluding hydrogens is 246 g/mol. The Morgan fingerprint density at radius 2 is 2.15 bits per heavy atom. The van der Waals surface area contributed by atoms with E-state index in [4.69, 9.17) is 5.73 Å². The molecule has 0 amide bonds. The Kier molecular flexibility index (Phi) is 3.99. The fourth-order valence-electron chi connectivity index (χ4n) is 3.42. The van der Waals surface area contributed by atoms with Crippen LogP contribution in [0, 0.1) is 5.92 Å². The molecule has 0 aliphatic carbocycles. The molecule has 20 heavy (non-hydrogen) atoms. The van der Waals surface area contributed by atoms with Gasteiger partial charge in [0.15, 0.2) is 0 Å². The molecule has 1 fully saturated rings. The van der Waals surface area contributed by atoms with E-state index < -0.39 is 0 Å². The number of para-hydroxylation sites is 1. The van der Waals surface area contributed by atoms with E-state index in [1.807, 2.05) is 12.3 Å². The maximum Gasteiger partial charge on any atom is 0.0705 e. The molecule has 2 atom stereocenters. The van der Waals surface area contributed by atoms with E-state index in [2.05, 4.69) is 41.1 Å². The van der Waals surface area contributed by atoms with E-state index in [0.717, 1.165) is 25.2 Å². The molecule has 0 saturated carbocycles. The second kappa shape index (κ2) is 5.90. The fraction of sp³-hybridized carbons (Fsp3) is 0.471. The van der Waals surface area contributed by atoms with Gasteiger partial charge in [-0.05, 0) is 43.0 Å². The molecule has 3 heteroatoms. The van der Waals surface area contributed by atoms with Crippen molar-refractivity contribution in [2.24, 2.45) is 11.7 Å². The summed E-state index contributed by atoms with van der Waals surface area (Å²) in [5.41, 5.74) is 8.44. The fourth-order valence-corrected chi connectivity index (χ4v) is 3.42. The summed E-state index contributed by atoms with van der Waals surface area (Å²) in [6, 6.07) is 11.0. The topological polar surface area (TPSA) is 42.2 Å². The maximum atomic E-state index is 6.00. The van der Waals surface area contributed by atoms with Crippen molar-refractivity contribution in [1.29, 1.82) is 0 Å². The minimum atomic E-state index is 0.510. The molecule has 1 saturated heterocycles. The Morgan fingerprint density at radius 3 is 3.00 bits per heavy atom. The molecule has 1 aliphatic rings. The summed E-state index contributed by atoms with van der Waals surface area (Å²) in [4.78, 5) is 7.00. The molecule has 2 N–H and O–H groups in total. The number of hydrogen-bond donors (Lipinski definition) is 1. The smallest absolute Gasteiger partial charge is 0.0705 e. The first-order chi connectivity index (χ1) is 9.79. The van der Waals surface area contributed by atoms with E-state index >= 15 is 0 Å². The van der Waals surface area contributed by atoms with Gasteiger partial charge in [-0.25, -0.2) is 0 Å². The van der Waals surface area contributed by atoms with Crippen molar-refractivity contribution < 1.29 is 0 Å². The first-order valence-electron chi connectivity index (χ1n) is 7.56. The van der Waals surface area contributed by atoms with Crippen molar-refractivity contribution in [3.63, 3.8) is 0 Å². The van der Waals surface area contributed by atoms with Crippen LogP contribution in [0.25, 0.3) is 10.9 Å². The van der Waals surface area contributed by atoms with Gasteiger partial charge in [0.2, 0.25) is 0 Å².